The summed E-state index contributed by atoms with van der Waals surface area (Å²) in [6.45, 7) is 10.0. The van der Waals surface area contributed by atoms with Crippen molar-refractivity contribution in [1.29, 1.82) is 0 Å². The monoisotopic (exact) mass is 531 g/mol. The van der Waals surface area contributed by atoms with Crippen LogP contribution >= 0.6 is 0 Å². The highest BCUT2D eigenvalue weighted by atomic mass is 15.1. The molecular formula is C37H45N3. The molecule has 1 fully saturated rings. The fourth-order valence-corrected chi connectivity index (χ4v) is 6.34. The quantitative estimate of drug-likeness (QED) is 0.159. The molecule has 5 aromatic rings. The van der Waals surface area contributed by atoms with Crippen molar-refractivity contribution in [3.8, 4) is 0 Å². The van der Waals surface area contributed by atoms with E-state index in [-0.39, 0.29) is 5.41 Å². The molecule has 3 heteroatoms. The van der Waals surface area contributed by atoms with Gasteiger partial charge < -0.3 is 4.57 Å². The van der Waals surface area contributed by atoms with Gasteiger partial charge in [0.2, 0.25) is 0 Å². The Morgan fingerprint density at radius 1 is 0.850 bits per heavy atom. The number of nitrogens with zero attached hydrogens (tertiary/aromatic N) is 3. The SMILES string of the molecule is CCCCc1nc2c(CC(C)(C)C)nc3ccccc3c2n1Cc1cc(CCCCC2CC2)cc2ccccc12. The lowest BCUT2D eigenvalue weighted by molar-refractivity contribution is 0.408. The minimum absolute atomic E-state index is 0.139. The predicted octanol–water partition coefficient (Wildman–Crippen LogP) is 9.84. The lowest BCUT2D eigenvalue weighted by Gasteiger charge is -2.18. The van der Waals surface area contributed by atoms with Crippen LogP contribution in [0.2, 0.25) is 0 Å². The first kappa shape index (κ1) is 27.0. The molecule has 0 unspecified atom stereocenters. The van der Waals surface area contributed by atoms with Gasteiger partial charge in [0.15, 0.2) is 0 Å². The molecular weight excluding hydrogens is 486 g/mol. The Hall–Kier alpha value is -3.20. The molecule has 3 aromatic carbocycles. The van der Waals surface area contributed by atoms with Crippen LogP contribution in [0.25, 0.3) is 32.7 Å². The van der Waals surface area contributed by atoms with Gasteiger partial charge in [-0.25, -0.2) is 4.98 Å². The first-order valence-corrected chi connectivity index (χ1v) is 15.7. The zero-order valence-electron chi connectivity index (χ0n) is 25.0. The summed E-state index contributed by atoms with van der Waals surface area (Å²) in [7, 11) is 0. The fourth-order valence-electron chi connectivity index (χ4n) is 6.34. The molecule has 0 radical (unpaired) electrons. The number of hydrogen-bond acceptors (Lipinski definition) is 2. The van der Waals surface area contributed by atoms with Crippen molar-refractivity contribution in [3.05, 3.63) is 83.3 Å². The number of unbranched alkanes of at least 4 members (excludes halogenated alkanes) is 2. The number of fused-ring (bicyclic) bond motifs is 4. The third-order valence-corrected chi connectivity index (χ3v) is 8.55. The summed E-state index contributed by atoms with van der Waals surface area (Å²) < 4.78 is 2.54. The summed E-state index contributed by atoms with van der Waals surface area (Å²) in [5.74, 6) is 2.22. The molecule has 0 atom stereocenters. The van der Waals surface area contributed by atoms with E-state index in [1.807, 2.05) is 0 Å². The van der Waals surface area contributed by atoms with Crippen molar-refractivity contribution in [2.75, 3.05) is 0 Å². The molecule has 1 saturated carbocycles. The van der Waals surface area contributed by atoms with Crippen LogP contribution in [-0.4, -0.2) is 14.5 Å². The highest BCUT2D eigenvalue weighted by Crippen LogP contribution is 2.35. The van der Waals surface area contributed by atoms with Gasteiger partial charge >= 0.3 is 0 Å². The van der Waals surface area contributed by atoms with Gasteiger partial charge in [0.1, 0.15) is 11.3 Å². The van der Waals surface area contributed by atoms with E-state index in [4.69, 9.17) is 9.97 Å². The summed E-state index contributed by atoms with van der Waals surface area (Å²) in [6.07, 6.45) is 12.4. The van der Waals surface area contributed by atoms with E-state index in [1.165, 1.54) is 77.2 Å². The van der Waals surface area contributed by atoms with Gasteiger partial charge in [-0.15, -0.1) is 0 Å². The highest BCUT2D eigenvalue weighted by molar-refractivity contribution is 6.03. The Labute approximate surface area is 240 Å². The number of imidazole rings is 1. The third-order valence-electron chi connectivity index (χ3n) is 8.55. The van der Waals surface area contributed by atoms with Gasteiger partial charge in [0.25, 0.3) is 0 Å². The van der Waals surface area contributed by atoms with E-state index in [9.17, 15) is 0 Å². The summed E-state index contributed by atoms with van der Waals surface area (Å²) in [6, 6.07) is 22.5. The summed E-state index contributed by atoms with van der Waals surface area (Å²) in [4.78, 5) is 10.5. The van der Waals surface area contributed by atoms with Crippen molar-refractivity contribution in [2.24, 2.45) is 11.3 Å². The van der Waals surface area contributed by atoms with E-state index >= 15 is 0 Å². The van der Waals surface area contributed by atoms with Crippen LogP contribution in [0, 0.1) is 11.3 Å². The van der Waals surface area contributed by atoms with Crippen molar-refractivity contribution >= 4 is 32.7 Å². The fraction of sp³-hybridized carbons (Fsp3) is 0.459. The molecule has 2 heterocycles. The van der Waals surface area contributed by atoms with E-state index in [0.717, 1.165) is 54.9 Å². The summed E-state index contributed by atoms with van der Waals surface area (Å²) in [5.41, 5.74) is 7.59. The molecule has 40 heavy (non-hydrogen) atoms. The smallest absolute Gasteiger partial charge is 0.111 e. The number of aryl methyl sites for hydroxylation is 2. The topological polar surface area (TPSA) is 30.7 Å². The molecule has 0 aliphatic heterocycles. The maximum absolute atomic E-state index is 5.37. The lowest BCUT2D eigenvalue weighted by Crippen LogP contribution is -2.11. The third kappa shape index (κ3) is 5.94. The molecule has 3 nitrogen and oxygen atoms in total. The summed E-state index contributed by atoms with van der Waals surface area (Å²) >= 11 is 0. The second kappa shape index (κ2) is 11.4. The Balaban J connectivity index is 1.48. The van der Waals surface area contributed by atoms with Crippen molar-refractivity contribution in [2.45, 2.75) is 98.4 Å². The van der Waals surface area contributed by atoms with Crippen molar-refractivity contribution in [1.82, 2.24) is 14.5 Å². The predicted molar refractivity (Wildman–Crippen MR) is 170 cm³/mol. The zero-order chi connectivity index (χ0) is 27.7. The molecule has 0 saturated heterocycles. The maximum Gasteiger partial charge on any atom is 0.111 e. The molecule has 0 spiro atoms. The van der Waals surface area contributed by atoms with E-state index in [0.29, 0.717) is 0 Å². The van der Waals surface area contributed by atoms with Crippen LogP contribution in [-0.2, 0) is 25.8 Å². The highest BCUT2D eigenvalue weighted by Gasteiger charge is 2.23. The van der Waals surface area contributed by atoms with Crippen molar-refractivity contribution in [3.63, 3.8) is 0 Å². The Bertz CT molecular complexity index is 1630. The molecule has 208 valence electrons. The first-order valence-electron chi connectivity index (χ1n) is 15.7. The van der Waals surface area contributed by atoms with Crippen molar-refractivity contribution < 1.29 is 0 Å². The van der Waals surface area contributed by atoms with E-state index < -0.39 is 0 Å². The molecule has 0 N–H and O–H groups in total. The Morgan fingerprint density at radius 3 is 2.40 bits per heavy atom. The van der Waals surface area contributed by atoms with E-state index in [1.54, 1.807) is 0 Å². The minimum atomic E-state index is 0.139. The minimum Gasteiger partial charge on any atom is -0.323 e. The zero-order valence-corrected chi connectivity index (χ0v) is 25.0. The van der Waals surface area contributed by atoms with Gasteiger partial charge in [-0.1, -0.05) is 114 Å². The number of para-hydroxylation sites is 1. The van der Waals surface area contributed by atoms with Gasteiger partial charge in [-0.3, -0.25) is 4.98 Å². The number of benzene rings is 3. The number of aromatic nitrogens is 3. The number of rotatable bonds is 11. The van der Waals surface area contributed by atoms with Gasteiger partial charge in [-0.2, -0.15) is 0 Å². The van der Waals surface area contributed by atoms with Crippen LogP contribution in [0.3, 0.4) is 0 Å². The first-order chi connectivity index (χ1) is 19.4. The second-order valence-electron chi connectivity index (χ2n) is 13.4. The number of pyridine rings is 1. The average Bonchev–Trinajstić information content (AvgIpc) is 3.69. The second-order valence-corrected chi connectivity index (χ2v) is 13.4. The molecule has 0 bridgehead atoms. The number of hydrogen-bond donors (Lipinski definition) is 0. The maximum atomic E-state index is 5.37. The molecule has 0 amide bonds. The standard InChI is InChI=1S/C37H45N3/c1-5-6-19-34-39-35-33(24-37(2,3)4)38-32-18-12-11-17-31(32)36(35)40(34)25-29-23-27(14-8-7-13-26-20-21-26)22-28-15-9-10-16-30(28)29/h9-12,15-18,22-23,26H,5-8,13-14,19-21,24-25H2,1-4H3. The van der Waals surface area contributed by atoms with Crippen LogP contribution in [0.15, 0.2) is 60.7 Å². The Kier molecular flexibility index (Phi) is 7.66. The normalized spacial score (nSPS) is 14.1. The van der Waals surface area contributed by atoms with Crippen LogP contribution in [0.5, 0.6) is 0 Å². The van der Waals surface area contributed by atoms with Crippen LogP contribution in [0.4, 0.5) is 0 Å². The Morgan fingerprint density at radius 2 is 1.62 bits per heavy atom. The lowest BCUT2D eigenvalue weighted by atomic mass is 9.89. The molecule has 2 aromatic heterocycles. The molecule has 1 aliphatic rings. The molecule has 6 rings (SSSR count). The molecule has 1 aliphatic carbocycles. The van der Waals surface area contributed by atoms with Gasteiger partial charge in [0.05, 0.1) is 16.7 Å². The van der Waals surface area contributed by atoms with Gasteiger partial charge in [0, 0.05) is 18.4 Å². The summed E-state index contributed by atoms with van der Waals surface area (Å²) in [5, 5.41) is 3.93. The average molecular weight is 532 g/mol. The van der Waals surface area contributed by atoms with Gasteiger partial charge in [-0.05, 0) is 65.0 Å². The largest absolute Gasteiger partial charge is 0.323 e. The van der Waals surface area contributed by atoms with Crippen LogP contribution < -0.4 is 0 Å². The van der Waals surface area contributed by atoms with E-state index in [2.05, 4.69) is 92.9 Å². The van der Waals surface area contributed by atoms with Crippen LogP contribution in [0.1, 0.15) is 95.3 Å².